The number of rotatable bonds is 2. The summed E-state index contributed by atoms with van der Waals surface area (Å²) in [5.41, 5.74) is 1.67. The van der Waals surface area contributed by atoms with E-state index in [1.54, 1.807) is 19.9 Å². The van der Waals surface area contributed by atoms with Crippen LogP contribution in [0.5, 0.6) is 0 Å². The minimum atomic E-state index is -1.50. The van der Waals surface area contributed by atoms with E-state index >= 15 is 0 Å². The lowest BCUT2D eigenvalue weighted by Gasteiger charge is -2.41. The van der Waals surface area contributed by atoms with E-state index in [9.17, 15) is 20.4 Å². The molecule has 22 heavy (non-hydrogen) atoms. The molecular formula is C14H18N2O5S. The van der Waals surface area contributed by atoms with E-state index in [0.717, 1.165) is 5.56 Å². The standard InChI is InChI=1S/C14H18N2O5S/c1-6-3-8(4-15)14(22)16(7(6)2)13-12(20)11(19)10(18)9(5-17)21-13/h3,9-13,17-20H,5H2,1-2H3/t9-,10+,11+,12+,13+/m0/s1. The smallest absolute Gasteiger partial charge is 0.164 e. The van der Waals surface area contributed by atoms with E-state index in [-0.39, 0.29) is 10.2 Å². The molecule has 1 aliphatic rings. The molecule has 1 saturated heterocycles. The van der Waals surface area contributed by atoms with Gasteiger partial charge in [-0.15, -0.1) is 0 Å². The minimum Gasteiger partial charge on any atom is -0.394 e. The molecule has 0 aliphatic carbocycles. The van der Waals surface area contributed by atoms with Crippen molar-refractivity contribution in [2.75, 3.05) is 6.61 Å². The molecule has 7 nitrogen and oxygen atoms in total. The van der Waals surface area contributed by atoms with Crippen LogP contribution in [0, 0.1) is 29.8 Å². The highest BCUT2D eigenvalue weighted by atomic mass is 32.1. The van der Waals surface area contributed by atoms with Crippen molar-refractivity contribution < 1.29 is 25.2 Å². The third-order valence-electron chi connectivity index (χ3n) is 3.98. The number of nitrogens with zero attached hydrogens (tertiary/aromatic N) is 2. The van der Waals surface area contributed by atoms with Crippen LogP contribution in [-0.4, -0.2) is 56.0 Å². The summed E-state index contributed by atoms with van der Waals surface area (Å²) in [6.45, 7) is 3.00. The van der Waals surface area contributed by atoms with Crippen molar-refractivity contribution in [3.05, 3.63) is 27.5 Å². The Kier molecular flexibility index (Phi) is 4.97. The molecule has 8 heteroatoms. The number of aryl methyl sites for hydroxylation is 1. The molecular weight excluding hydrogens is 308 g/mol. The van der Waals surface area contributed by atoms with Crippen molar-refractivity contribution in [1.29, 1.82) is 5.26 Å². The number of nitriles is 1. The first kappa shape index (κ1) is 17.0. The van der Waals surface area contributed by atoms with Gasteiger partial charge in [0.2, 0.25) is 0 Å². The Labute approximate surface area is 132 Å². The van der Waals surface area contributed by atoms with E-state index in [1.165, 1.54) is 4.57 Å². The molecule has 5 atom stereocenters. The molecule has 4 N–H and O–H groups in total. The molecule has 1 aromatic heterocycles. The number of hydrogen-bond acceptors (Lipinski definition) is 7. The van der Waals surface area contributed by atoms with E-state index in [4.69, 9.17) is 22.2 Å². The third kappa shape index (κ3) is 2.67. The van der Waals surface area contributed by atoms with Gasteiger partial charge in [0.1, 0.15) is 35.1 Å². The van der Waals surface area contributed by atoms with Gasteiger partial charge < -0.3 is 29.7 Å². The maximum Gasteiger partial charge on any atom is 0.164 e. The summed E-state index contributed by atoms with van der Waals surface area (Å²) in [4.78, 5) is 0. The molecule has 120 valence electrons. The van der Waals surface area contributed by atoms with Gasteiger partial charge in [-0.3, -0.25) is 0 Å². The Morgan fingerprint density at radius 1 is 1.27 bits per heavy atom. The molecule has 1 aliphatic heterocycles. The van der Waals surface area contributed by atoms with Crippen molar-refractivity contribution >= 4 is 12.2 Å². The highest BCUT2D eigenvalue weighted by Crippen LogP contribution is 2.31. The molecule has 0 bridgehead atoms. The Morgan fingerprint density at radius 3 is 2.45 bits per heavy atom. The van der Waals surface area contributed by atoms with E-state index in [0.29, 0.717) is 5.69 Å². The van der Waals surface area contributed by atoms with Crippen molar-refractivity contribution in [2.45, 2.75) is 44.5 Å². The lowest BCUT2D eigenvalue weighted by Crippen LogP contribution is -2.56. The maximum atomic E-state index is 10.2. The van der Waals surface area contributed by atoms with Gasteiger partial charge in [0.05, 0.1) is 12.2 Å². The average molecular weight is 326 g/mol. The SMILES string of the molecule is Cc1cc(C#N)c(=S)n([C@@H]2O[C@@H](CO)[C@@H](O)[C@@H](O)[C@H]2O)c1C. The van der Waals surface area contributed by atoms with Crippen molar-refractivity contribution in [3.8, 4) is 6.07 Å². The topological polar surface area (TPSA) is 119 Å². The van der Waals surface area contributed by atoms with Crippen LogP contribution in [0.1, 0.15) is 23.0 Å². The lowest BCUT2D eigenvalue weighted by molar-refractivity contribution is -0.252. The van der Waals surface area contributed by atoms with Crippen molar-refractivity contribution in [3.63, 3.8) is 0 Å². The Hall–Kier alpha value is -1.34. The second kappa shape index (κ2) is 6.42. The monoisotopic (exact) mass is 326 g/mol. The number of aliphatic hydroxyl groups is 4. The van der Waals surface area contributed by atoms with Crippen LogP contribution in [0.2, 0.25) is 0 Å². The summed E-state index contributed by atoms with van der Waals surface area (Å²) >= 11 is 5.26. The van der Waals surface area contributed by atoms with Gasteiger partial charge in [-0.05, 0) is 25.5 Å². The molecule has 0 spiro atoms. The average Bonchev–Trinajstić information content (AvgIpc) is 2.50. The molecule has 0 radical (unpaired) electrons. The zero-order chi connectivity index (χ0) is 16.6. The van der Waals surface area contributed by atoms with Crippen LogP contribution in [0.15, 0.2) is 6.07 Å². The van der Waals surface area contributed by atoms with Gasteiger partial charge in [0.25, 0.3) is 0 Å². The number of hydrogen-bond donors (Lipinski definition) is 4. The molecule has 0 unspecified atom stereocenters. The van der Waals surface area contributed by atoms with Gasteiger partial charge in [0, 0.05) is 5.69 Å². The fraction of sp³-hybridized carbons (Fsp3) is 0.571. The molecule has 0 saturated carbocycles. The summed E-state index contributed by atoms with van der Waals surface area (Å²) in [6.07, 6.45) is -6.52. The van der Waals surface area contributed by atoms with E-state index in [1.807, 2.05) is 6.07 Å². The number of pyridine rings is 1. The van der Waals surface area contributed by atoms with Crippen LogP contribution in [0.25, 0.3) is 0 Å². The predicted molar refractivity (Wildman–Crippen MR) is 78.5 cm³/mol. The Bertz CT molecular complexity index is 666. The van der Waals surface area contributed by atoms with Crippen LogP contribution in [-0.2, 0) is 4.74 Å². The predicted octanol–water partition coefficient (Wildman–Crippen LogP) is -0.321. The maximum absolute atomic E-state index is 10.2. The summed E-state index contributed by atoms with van der Waals surface area (Å²) < 4.78 is 7.11. The summed E-state index contributed by atoms with van der Waals surface area (Å²) in [6, 6.07) is 3.62. The van der Waals surface area contributed by atoms with Crippen LogP contribution >= 0.6 is 12.2 Å². The van der Waals surface area contributed by atoms with E-state index in [2.05, 4.69) is 0 Å². The molecule has 0 amide bonds. The first-order chi connectivity index (χ1) is 10.3. The first-order valence-corrected chi connectivity index (χ1v) is 7.17. The second-order valence-corrected chi connectivity index (χ2v) is 5.72. The molecule has 0 aromatic carbocycles. The zero-order valence-electron chi connectivity index (χ0n) is 12.2. The summed E-state index contributed by atoms with van der Waals surface area (Å²) in [5, 5.41) is 48.4. The molecule has 2 heterocycles. The number of aliphatic hydroxyl groups excluding tert-OH is 4. The minimum absolute atomic E-state index is 0.162. The third-order valence-corrected chi connectivity index (χ3v) is 4.40. The van der Waals surface area contributed by atoms with E-state index < -0.39 is 37.3 Å². The van der Waals surface area contributed by atoms with Gasteiger partial charge in [0.15, 0.2) is 6.23 Å². The van der Waals surface area contributed by atoms with Crippen molar-refractivity contribution in [2.24, 2.45) is 0 Å². The highest BCUT2D eigenvalue weighted by Gasteiger charge is 2.44. The summed E-state index contributed by atoms with van der Waals surface area (Å²) in [5.74, 6) is 0. The summed E-state index contributed by atoms with van der Waals surface area (Å²) in [7, 11) is 0. The number of aromatic nitrogens is 1. The fourth-order valence-corrected chi connectivity index (χ4v) is 2.88. The molecule has 1 fully saturated rings. The quantitative estimate of drug-likeness (QED) is 0.550. The normalized spacial score (nSPS) is 31.8. The number of ether oxygens (including phenoxy) is 1. The van der Waals surface area contributed by atoms with Gasteiger partial charge in [-0.25, -0.2) is 0 Å². The highest BCUT2D eigenvalue weighted by molar-refractivity contribution is 7.71. The Morgan fingerprint density at radius 2 is 1.91 bits per heavy atom. The molecule has 1 aromatic rings. The lowest BCUT2D eigenvalue weighted by atomic mass is 9.97. The van der Waals surface area contributed by atoms with Crippen LogP contribution < -0.4 is 0 Å². The fourth-order valence-electron chi connectivity index (χ4n) is 2.54. The van der Waals surface area contributed by atoms with Gasteiger partial charge in [-0.1, -0.05) is 12.2 Å². The van der Waals surface area contributed by atoms with Gasteiger partial charge >= 0.3 is 0 Å². The van der Waals surface area contributed by atoms with Crippen LogP contribution in [0.3, 0.4) is 0 Å². The first-order valence-electron chi connectivity index (χ1n) is 6.76. The zero-order valence-corrected chi connectivity index (χ0v) is 13.0. The van der Waals surface area contributed by atoms with Gasteiger partial charge in [-0.2, -0.15) is 5.26 Å². The van der Waals surface area contributed by atoms with Crippen molar-refractivity contribution in [1.82, 2.24) is 4.57 Å². The molecule has 2 rings (SSSR count). The largest absolute Gasteiger partial charge is 0.394 e. The second-order valence-electron chi connectivity index (χ2n) is 5.33. The van der Waals surface area contributed by atoms with Crippen LogP contribution in [0.4, 0.5) is 0 Å². The Balaban J connectivity index is 2.58.